The molecule has 0 aliphatic heterocycles. The average Bonchev–Trinajstić information content (AvgIpc) is 3.18. The lowest BCUT2D eigenvalue weighted by molar-refractivity contribution is 0.249. The van der Waals surface area contributed by atoms with Gasteiger partial charge < -0.3 is 15.2 Å². The van der Waals surface area contributed by atoms with Gasteiger partial charge in [-0.05, 0) is 24.6 Å². The van der Waals surface area contributed by atoms with Gasteiger partial charge in [0, 0.05) is 18.5 Å². The summed E-state index contributed by atoms with van der Waals surface area (Å²) in [4.78, 5) is 21.0. The van der Waals surface area contributed by atoms with Gasteiger partial charge in [-0.15, -0.1) is 5.10 Å². The summed E-state index contributed by atoms with van der Waals surface area (Å²) in [6.45, 7) is 1.56. The van der Waals surface area contributed by atoms with Gasteiger partial charge in [0.2, 0.25) is 5.88 Å². The van der Waals surface area contributed by atoms with Gasteiger partial charge in [0.1, 0.15) is 5.82 Å². The molecular weight excluding hydrogens is 396 g/mol. The molecule has 2 amide bonds. The number of fused-ring (bicyclic) bond motifs is 1. The van der Waals surface area contributed by atoms with E-state index in [9.17, 15) is 9.90 Å². The average molecular weight is 418 g/mol. The number of carbonyl (C=O) groups is 1. The molecule has 158 valence electrons. The Balaban J connectivity index is 1.68. The summed E-state index contributed by atoms with van der Waals surface area (Å²) in [7, 11) is 1.50. The number of urea groups is 1. The third-order valence-electron chi connectivity index (χ3n) is 4.85. The molecule has 0 aliphatic rings. The van der Waals surface area contributed by atoms with Crippen LogP contribution in [-0.4, -0.2) is 38.0 Å². The Morgan fingerprint density at radius 3 is 2.61 bits per heavy atom. The Kier molecular flexibility index (Phi) is 5.76. The van der Waals surface area contributed by atoms with Gasteiger partial charge >= 0.3 is 6.03 Å². The highest BCUT2D eigenvalue weighted by atomic mass is 16.5. The van der Waals surface area contributed by atoms with Gasteiger partial charge in [0.05, 0.1) is 42.0 Å². The highest BCUT2D eigenvalue weighted by Gasteiger charge is 2.19. The minimum absolute atomic E-state index is 0.190. The number of anilines is 1. The fourth-order valence-corrected chi connectivity index (χ4v) is 3.36. The number of methoxy groups -OCH3 is 1. The van der Waals surface area contributed by atoms with Crippen molar-refractivity contribution < 1.29 is 14.6 Å². The SMILES string of the molecule is COc1nn(-c2ccncc2)c2cc(NC(=O)NC(C)c3ccccc3)nc(CO)c12. The van der Waals surface area contributed by atoms with Crippen molar-refractivity contribution >= 4 is 22.8 Å². The molecule has 9 nitrogen and oxygen atoms in total. The number of amides is 2. The minimum atomic E-state index is -0.408. The molecule has 0 saturated carbocycles. The van der Waals surface area contributed by atoms with E-state index in [-0.39, 0.29) is 18.5 Å². The Bertz CT molecular complexity index is 1190. The number of rotatable bonds is 6. The second-order valence-corrected chi connectivity index (χ2v) is 6.86. The Hall–Kier alpha value is -3.98. The Labute approximate surface area is 178 Å². The molecule has 3 N–H and O–H groups in total. The standard InChI is InChI=1S/C22H22N6O3/c1-14(15-6-4-3-5-7-15)24-22(30)26-19-12-18-20(17(13-29)25-19)21(31-2)27-28(18)16-8-10-23-11-9-16/h3-12,14,29H,13H2,1-2H3,(H2,24,25,26,30). The van der Waals surface area contributed by atoms with Gasteiger partial charge in [0.15, 0.2) is 0 Å². The third-order valence-corrected chi connectivity index (χ3v) is 4.85. The summed E-state index contributed by atoms with van der Waals surface area (Å²) in [5.74, 6) is 0.615. The smallest absolute Gasteiger partial charge is 0.320 e. The molecule has 1 aromatic carbocycles. The van der Waals surface area contributed by atoms with E-state index in [4.69, 9.17) is 4.74 Å². The molecule has 0 radical (unpaired) electrons. The number of nitrogens with one attached hydrogen (secondary N) is 2. The summed E-state index contributed by atoms with van der Waals surface area (Å²) < 4.78 is 7.06. The quantitative estimate of drug-likeness (QED) is 0.443. The van der Waals surface area contributed by atoms with Crippen molar-refractivity contribution in [3.05, 3.63) is 72.2 Å². The van der Waals surface area contributed by atoms with Gasteiger partial charge in [-0.3, -0.25) is 10.3 Å². The maximum absolute atomic E-state index is 12.6. The highest BCUT2D eigenvalue weighted by Crippen LogP contribution is 2.31. The molecule has 4 rings (SSSR count). The first-order valence-electron chi connectivity index (χ1n) is 9.71. The topological polar surface area (TPSA) is 114 Å². The van der Waals surface area contributed by atoms with E-state index in [0.29, 0.717) is 22.5 Å². The lowest BCUT2D eigenvalue weighted by atomic mass is 10.1. The van der Waals surface area contributed by atoms with Crippen molar-refractivity contribution in [3.8, 4) is 11.6 Å². The van der Waals surface area contributed by atoms with Gasteiger partial charge in [-0.2, -0.15) is 0 Å². The molecule has 0 bridgehead atoms. The summed E-state index contributed by atoms with van der Waals surface area (Å²) in [6.07, 6.45) is 3.31. The summed E-state index contributed by atoms with van der Waals surface area (Å²) >= 11 is 0. The van der Waals surface area contributed by atoms with Crippen LogP contribution in [0.4, 0.5) is 10.6 Å². The number of aliphatic hydroxyl groups excluding tert-OH is 1. The summed E-state index contributed by atoms with van der Waals surface area (Å²) in [5.41, 5.74) is 2.72. The number of benzene rings is 1. The fraction of sp³-hybridized carbons (Fsp3) is 0.182. The van der Waals surface area contributed by atoms with Crippen molar-refractivity contribution in [3.63, 3.8) is 0 Å². The molecule has 0 spiro atoms. The lowest BCUT2D eigenvalue weighted by Crippen LogP contribution is -2.31. The van der Waals surface area contributed by atoms with E-state index in [1.165, 1.54) is 7.11 Å². The molecule has 1 atom stereocenters. The maximum atomic E-state index is 12.6. The van der Waals surface area contributed by atoms with Crippen LogP contribution in [-0.2, 0) is 6.61 Å². The van der Waals surface area contributed by atoms with Crippen LogP contribution < -0.4 is 15.4 Å². The van der Waals surface area contributed by atoms with Crippen LogP contribution in [0.3, 0.4) is 0 Å². The van der Waals surface area contributed by atoms with Gasteiger partial charge in [-0.25, -0.2) is 14.5 Å². The zero-order chi connectivity index (χ0) is 21.8. The number of hydrogen-bond acceptors (Lipinski definition) is 6. The summed E-state index contributed by atoms with van der Waals surface area (Å²) in [6, 6.07) is 14.3. The Morgan fingerprint density at radius 2 is 1.94 bits per heavy atom. The van der Waals surface area contributed by atoms with Crippen molar-refractivity contribution in [1.29, 1.82) is 0 Å². The predicted molar refractivity (Wildman–Crippen MR) is 116 cm³/mol. The number of pyridine rings is 2. The van der Waals surface area contributed by atoms with Crippen LogP contribution in [0.15, 0.2) is 60.9 Å². The lowest BCUT2D eigenvalue weighted by Gasteiger charge is -2.15. The number of ether oxygens (including phenoxy) is 1. The molecular formula is C22H22N6O3. The third kappa shape index (κ3) is 4.17. The van der Waals surface area contributed by atoms with E-state index >= 15 is 0 Å². The zero-order valence-electron chi connectivity index (χ0n) is 17.1. The number of hydrogen-bond donors (Lipinski definition) is 3. The second kappa shape index (κ2) is 8.80. The van der Waals surface area contributed by atoms with E-state index < -0.39 is 6.03 Å². The molecule has 0 aliphatic carbocycles. The van der Waals surface area contributed by atoms with Crippen molar-refractivity contribution in [1.82, 2.24) is 25.1 Å². The van der Waals surface area contributed by atoms with Gasteiger partial charge in [-0.1, -0.05) is 30.3 Å². The van der Waals surface area contributed by atoms with E-state index in [1.807, 2.05) is 37.3 Å². The van der Waals surface area contributed by atoms with Crippen LogP contribution in [0.25, 0.3) is 16.6 Å². The Morgan fingerprint density at radius 1 is 1.19 bits per heavy atom. The van der Waals surface area contributed by atoms with Crippen LogP contribution in [0.2, 0.25) is 0 Å². The van der Waals surface area contributed by atoms with Crippen molar-refractivity contribution in [2.45, 2.75) is 19.6 Å². The summed E-state index contributed by atoms with van der Waals surface area (Å²) in [5, 5.41) is 20.6. The monoisotopic (exact) mass is 418 g/mol. The largest absolute Gasteiger partial charge is 0.479 e. The molecule has 0 saturated heterocycles. The first-order valence-corrected chi connectivity index (χ1v) is 9.71. The molecule has 31 heavy (non-hydrogen) atoms. The van der Waals surface area contributed by atoms with Crippen molar-refractivity contribution in [2.75, 3.05) is 12.4 Å². The first-order chi connectivity index (χ1) is 15.1. The van der Waals surface area contributed by atoms with Crippen LogP contribution in [0.1, 0.15) is 24.2 Å². The highest BCUT2D eigenvalue weighted by molar-refractivity contribution is 5.94. The van der Waals surface area contributed by atoms with Crippen LogP contribution in [0, 0.1) is 0 Å². The van der Waals surface area contributed by atoms with Crippen LogP contribution in [0.5, 0.6) is 5.88 Å². The molecule has 4 aromatic rings. The fourth-order valence-electron chi connectivity index (χ4n) is 3.36. The molecule has 0 fully saturated rings. The van der Waals surface area contributed by atoms with E-state index in [2.05, 4.69) is 25.7 Å². The van der Waals surface area contributed by atoms with Crippen molar-refractivity contribution in [2.24, 2.45) is 0 Å². The number of aliphatic hydroxyl groups is 1. The zero-order valence-corrected chi connectivity index (χ0v) is 17.1. The molecule has 1 unspecified atom stereocenters. The minimum Gasteiger partial charge on any atom is -0.479 e. The molecule has 3 aromatic heterocycles. The van der Waals surface area contributed by atoms with Crippen LogP contribution >= 0.6 is 0 Å². The first kappa shape index (κ1) is 20.3. The number of carbonyl (C=O) groups excluding carboxylic acids is 1. The van der Waals surface area contributed by atoms with Gasteiger partial charge in [0.25, 0.3) is 0 Å². The van der Waals surface area contributed by atoms with E-state index in [0.717, 1.165) is 11.3 Å². The molecule has 9 heteroatoms. The number of nitrogens with zero attached hydrogens (tertiary/aromatic N) is 4. The van der Waals surface area contributed by atoms with E-state index in [1.54, 1.807) is 35.3 Å². The maximum Gasteiger partial charge on any atom is 0.320 e. The number of aromatic nitrogens is 4. The molecule has 3 heterocycles. The normalized spacial score (nSPS) is 11.8. The second-order valence-electron chi connectivity index (χ2n) is 6.86. The predicted octanol–water partition coefficient (Wildman–Crippen LogP) is 3.20.